The summed E-state index contributed by atoms with van der Waals surface area (Å²) in [4.78, 5) is 10.7. The summed E-state index contributed by atoms with van der Waals surface area (Å²) in [6, 6.07) is 0. The van der Waals surface area contributed by atoms with E-state index in [4.69, 9.17) is 5.11 Å². The lowest BCUT2D eigenvalue weighted by Gasteiger charge is -2.60. The highest BCUT2D eigenvalue weighted by Gasteiger charge is 2.66. The molecule has 3 saturated carbocycles. The van der Waals surface area contributed by atoms with Gasteiger partial charge < -0.3 is 5.11 Å². The third-order valence-corrected chi connectivity index (χ3v) is 10.4. The Kier molecular flexibility index (Phi) is 5.72. The van der Waals surface area contributed by atoms with Crippen molar-refractivity contribution in [3.8, 4) is 0 Å². The first kappa shape index (κ1) is 21.5. The van der Waals surface area contributed by atoms with Crippen molar-refractivity contribution >= 4 is 17.7 Å². The molecular weight excluding hydrogens is 383 g/mol. The molecule has 4 aliphatic carbocycles. The Balaban J connectivity index is 1.50. The van der Waals surface area contributed by atoms with E-state index in [1.807, 2.05) is 0 Å². The van der Waals surface area contributed by atoms with Crippen LogP contribution < -0.4 is 0 Å². The number of carboxylic acid groups (broad SMARTS) is 1. The van der Waals surface area contributed by atoms with Gasteiger partial charge in [-0.05, 0) is 86.7 Å². The molecule has 0 aromatic heterocycles. The van der Waals surface area contributed by atoms with Crippen LogP contribution in [0.5, 0.6) is 0 Å². The van der Waals surface area contributed by atoms with Gasteiger partial charge in [-0.25, -0.2) is 4.39 Å². The van der Waals surface area contributed by atoms with Gasteiger partial charge in [0.05, 0.1) is 6.42 Å². The van der Waals surface area contributed by atoms with Gasteiger partial charge in [0.25, 0.3) is 0 Å². The first-order valence-corrected chi connectivity index (χ1v) is 12.7. The van der Waals surface area contributed by atoms with Crippen molar-refractivity contribution in [2.24, 2.45) is 34.5 Å². The van der Waals surface area contributed by atoms with Gasteiger partial charge in [0.1, 0.15) is 5.67 Å². The molecule has 0 aromatic carbocycles. The molecule has 162 valence electrons. The molecule has 0 radical (unpaired) electrons. The van der Waals surface area contributed by atoms with Gasteiger partial charge >= 0.3 is 5.97 Å². The summed E-state index contributed by atoms with van der Waals surface area (Å²) in [7, 11) is 0. The predicted molar refractivity (Wildman–Crippen MR) is 119 cm³/mol. The molecule has 7 atom stereocenters. The van der Waals surface area contributed by atoms with Crippen molar-refractivity contribution in [3.05, 3.63) is 23.8 Å². The fourth-order valence-corrected chi connectivity index (χ4v) is 8.72. The second-order valence-electron chi connectivity index (χ2n) is 10.6. The Labute approximate surface area is 179 Å². The van der Waals surface area contributed by atoms with E-state index in [0.717, 1.165) is 44.3 Å². The van der Waals surface area contributed by atoms with Crippen LogP contribution in [0.15, 0.2) is 23.8 Å². The molecule has 2 nitrogen and oxygen atoms in total. The smallest absolute Gasteiger partial charge is 0.304 e. The summed E-state index contributed by atoms with van der Waals surface area (Å²) in [5, 5.41) is 8.84. The van der Waals surface area contributed by atoms with Crippen LogP contribution in [0.2, 0.25) is 0 Å². The number of alkyl halides is 1. The highest BCUT2D eigenvalue weighted by molar-refractivity contribution is 7.99. The summed E-state index contributed by atoms with van der Waals surface area (Å²) < 4.78 is 16.9. The maximum atomic E-state index is 16.9. The molecule has 0 amide bonds. The maximum Gasteiger partial charge on any atom is 0.304 e. The third-order valence-electron chi connectivity index (χ3n) is 9.35. The van der Waals surface area contributed by atoms with Crippen LogP contribution in [0, 0.1) is 34.5 Å². The fourth-order valence-electron chi connectivity index (χ4n) is 7.78. The highest BCUT2D eigenvalue weighted by Crippen LogP contribution is 2.70. The van der Waals surface area contributed by atoms with Crippen LogP contribution in [-0.2, 0) is 4.79 Å². The first-order valence-electron chi connectivity index (χ1n) is 11.6. The topological polar surface area (TPSA) is 37.3 Å². The summed E-state index contributed by atoms with van der Waals surface area (Å²) >= 11 is 1.77. The number of halogens is 1. The largest absolute Gasteiger partial charge is 0.481 e. The lowest BCUT2D eigenvalue weighted by Crippen LogP contribution is -2.59. The van der Waals surface area contributed by atoms with Crippen molar-refractivity contribution in [2.45, 2.75) is 77.8 Å². The molecule has 0 bridgehead atoms. The van der Waals surface area contributed by atoms with E-state index in [1.54, 1.807) is 11.8 Å². The van der Waals surface area contributed by atoms with Crippen molar-refractivity contribution in [3.63, 3.8) is 0 Å². The van der Waals surface area contributed by atoms with Gasteiger partial charge in [-0.2, -0.15) is 11.8 Å². The zero-order chi connectivity index (χ0) is 20.9. The molecule has 0 saturated heterocycles. The molecule has 0 heterocycles. The Hall–Kier alpha value is -0.770. The molecule has 0 unspecified atom stereocenters. The lowest BCUT2D eigenvalue weighted by atomic mass is 9.46. The van der Waals surface area contributed by atoms with Gasteiger partial charge in [-0.3, -0.25) is 4.79 Å². The van der Waals surface area contributed by atoms with E-state index in [0.29, 0.717) is 29.9 Å². The molecule has 4 aliphatic rings. The van der Waals surface area contributed by atoms with Gasteiger partial charge in [0, 0.05) is 11.2 Å². The van der Waals surface area contributed by atoms with E-state index in [1.165, 1.54) is 5.57 Å². The average Bonchev–Trinajstić information content (AvgIpc) is 2.92. The average molecular weight is 421 g/mol. The Morgan fingerprint density at radius 3 is 2.83 bits per heavy atom. The standard InChI is InChI=1S/C25H37FO2S/c1-17-16-21-20-8-7-18-6-4-5-11-24(18,3)25(20,26)13-12-23(21,2)19(17)9-14-29-15-10-22(27)28/h5-6,11,17,19-21H,4,7-10,12-16H2,1-3H3,(H,27,28)/t17-,19+,20+,21+,23-,24+,25-/m1/s1. The van der Waals surface area contributed by atoms with E-state index < -0.39 is 17.1 Å². The highest BCUT2D eigenvalue weighted by atomic mass is 32.2. The Morgan fingerprint density at radius 1 is 1.28 bits per heavy atom. The van der Waals surface area contributed by atoms with Crippen LogP contribution in [0.1, 0.15) is 72.1 Å². The molecule has 0 aromatic rings. The van der Waals surface area contributed by atoms with Crippen molar-refractivity contribution in [2.75, 3.05) is 11.5 Å². The number of allylic oxidation sites excluding steroid dienone is 4. The van der Waals surface area contributed by atoms with Gasteiger partial charge in [-0.1, -0.05) is 37.6 Å². The van der Waals surface area contributed by atoms with E-state index in [2.05, 4.69) is 39.0 Å². The predicted octanol–water partition coefficient (Wildman–Crippen LogP) is 6.67. The summed E-state index contributed by atoms with van der Waals surface area (Å²) in [6.07, 6.45) is 14.0. The van der Waals surface area contributed by atoms with Crippen molar-refractivity contribution in [1.29, 1.82) is 0 Å². The Morgan fingerprint density at radius 2 is 2.07 bits per heavy atom. The minimum Gasteiger partial charge on any atom is -0.481 e. The third kappa shape index (κ3) is 3.32. The molecule has 0 spiro atoms. The number of carboxylic acids is 1. The number of thioether (sulfide) groups is 1. The zero-order valence-electron chi connectivity index (χ0n) is 18.3. The van der Waals surface area contributed by atoms with Crippen LogP contribution in [-0.4, -0.2) is 28.3 Å². The minimum absolute atomic E-state index is 0.179. The fraction of sp³-hybridized carbons (Fsp3) is 0.800. The molecule has 4 rings (SSSR count). The SMILES string of the molecule is C[C@@H]1C[C@H]2[C@@H]3CCC4=CCC=C[C@]4(C)[C@@]3(F)CC[C@]2(C)[C@H]1CCSCCC(=O)O. The summed E-state index contributed by atoms with van der Waals surface area (Å²) in [6.45, 7) is 7.00. The van der Waals surface area contributed by atoms with Gasteiger partial charge in [0.2, 0.25) is 0 Å². The molecule has 3 fully saturated rings. The van der Waals surface area contributed by atoms with Crippen molar-refractivity contribution < 1.29 is 14.3 Å². The minimum atomic E-state index is -1.09. The van der Waals surface area contributed by atoms with Crippen LogP contribution in [0.3, 0.4) is 0 Å². The monoisotopic (exact) mass is 420 g/mol. The molecular formula is C25H37FO2S. The molecule has 4 heteroatoms. The molecule has 29 heavy (non-hydrogen) atoms. The second-order valence-corrected chi connectivity index (χ2v) is 11.8. The quantitative estimate of drug-likeness (QED) is 0.385. The number of carbonyl (C=O) groups is 1. The van der Waals surface area contributed by atoms with Crippen molar-refractivity contribution in [1.82, 2.24) is 0 Å². The maximum absolute atomic E-state index is 16.9. The molecule has 0 aliphatic heterocycles. The Bertz CT molecular complexity index is 718. The number of rotatable bonds is 6. The number of hydrogen-bond acceptors (Lipinski definition) is 2. The lowest BCUT2D eigenvalue weighted by molar-refractivity contribution is -0.136. The van der Waals surface area contributed by atoms with Crippen LogP contribution in [0.25, 0.3) is 0 Å². The van der Waals surface area contributed by atoms with E-state index in [-0.39, 0.29) is 17.8 Å². The van der Waals surface area contributed by atoms with Crippen LogP contribution in [0.4, 0.5) is 4.39 Å². The molecule has 1 N–H and O–H groups in total. The van der Waals surface area contributed by atoms with Crippen LogP contribution >= 0.6 is 11.8 Å². The normalized spacial score (nSPS) is 45.9. The summed E-state index contributed by atoms with van der Waals surface area (Å²) in [5.41, 5.74) is 0.0926. The van der Waals surface area contributed by atoms with Gasteiger partial charge in [-0.15, -0.1) is 0 Å². The zero-order valence-corrected chi connectivity index (χ0v) is 19.1. The number of aliphatic carboxylic acids is 1. The number of fused-ring (bicyclic) bond motifs is 5. The summed E-state index contributed by atoms with van der Waals surface area (Å²) in [5.74, 6) is 2.97. The number of hydrogen-bond donors (Lipinski definition) is 1. The van der Waals surface area contributed by atoms with E-state index >= 15 is 4.39 Å². The second kappa shape index (κ2) is 7.73. The first-order chi connectivity index (χ1) is 13.7. The van der Waals surface area contributed by atoms with E-state index in [9.17, 15) is 4.79 Å². The van der Waals surface area contributed by atoms with Gasteiger partial charge in [0.15, 0.2) is 0 Å².